The molecule has 0 unspecified atom stereocenters. The van der Waals surface area contributed by atoms with Gasteiger partial charge in [-0.2, -0.15) is 30.7 Å². The van der Waals surface area contributed by atoms with Crippen LogP contribution in [-0.4, -0.2) is 31.1 Å². The average Bonchev–Trinajstić information content (AvgIpc) is 1.77. The molecule has 0 saturated heterocycles. The third-order valence-electron chi connectivity index (χ3n) is 1.47. The van der Waals surface area contributed by atoms with Gasteiger partial charge in [-0.1, -0.05) is 0 Å². The van der Waals surface area contributed by atoms with Crippen LogP contribution < -0.4 is 0 Å². The molecule has 0 aromatic heterocycles. The maximum absolute atomic E-state index is 12.6. The summed E-state index contributed by atoms with van der Waals surface area (Å²) in [5.41, 5.74) is 0. The minimum atomic E-state index is -6.32. The van der Waals surface area contributed by atoms with Gasteiger partial charge in [0.25, 0.3) is 0 Å². The minimum Gasteiger partial charge on any atom is -0.432 e. The molecule has 0 radical (unpaired) electrons. The van der Waals surface area contributed by atoms with E-state index in [2.05, 4.69) is 0 Å². The Bertz CT molecular complexity index is 229. The topological polar surface area (TPSA) is 20.2 Å². The molecule has 0 bridgehead atoms. The van der Waals surface area contributed by atoms with Crippen LogP contribution in [0.15, 0.2) is 0 Å². The van der Waals surface area contributed by atoms with Gasteiger partial charge in [0.15, 0.2) is 8.32 Å². The second kappa shape index (κ2) is 3.61. The molecule has 92 valence electrons. The van der Waals surface area contributed by atoms with E-state index in [4.69, 9.17) is 4.80 Å². The van der Waals surface area contributed by atoms with Crippen LogP contribution in [0.3, 0.4) is 0 Å². The zero-order valence-electron chi connectivity index (χ0n) is 7.80. The molecule has 0 heterocycles. The first-order valence-electron chi connectivity index (χ1n) is 3.75. The van der Waals surface area contributed by atoms with Crippen molar-refractivity contribution < 1.29 is 35.5 Å². The number of hydrogen-bond donors (Lipinski definition) is 1. The molecule has 9 heteroatoms. The lowest BCUT2D eigenvalue weighted by Crippen LogP contribution is -2.54. The Morgan fingerprint density at radius 2 is 1.27 bits per heavy atom. The second-order valence-electron chi connectivity index (χ2n) is 3.77. The summed E-state index contributed by atoms with van der Waals surface area (Å²) in [5, 5.41) is 0. The molecular weight excluding hydrogens is 249 g/mol. The van der Waals surface area contributed by atoms with Crippen molar-refractivity contribution in [2.75, 3.05) is 0 Å². The normalized spacial score (nSPS) is 15.6. The van der Waals surface area contributed by atoms with Gasteiger partial charge in [0.2, 0.25) is 0 Å². The van der Waals surface area contributed by atoms with Gasteiger partial charge in [-0.3, -0.25) is 0 Å². The summed E-state index contributed by atoms with van der Waals surface area (Å²) >= 11 is 0. The first-order chi connectivity index (χ1) is 6.21. The van der Waals surface area contributed by atoms with Crippen molar-refractivity contribution in [1.82, 2.24) is 0 Å². The van der Waals surface area contributed by atoms with Crippen LogP contribution in [0.1, 0.15) is 0 Å². The van der Waals surface area contributed by atoms with Gasteiger partial charge in [0.05, 0.1) is 0 Å². The Morgan fingerprint density at radius 1 is 0.933 bits per heavy atom. The zero-order chi connectivity index (χ0) is 12.7. The van der Waals surface area contributed by atoms with Crippen molar-refractivity contribution in [2.45, 2.75) is 37.2 Å². The quantitative estimate of drug-likeness (QED) is 0.609. The molecule has 0 spiro atoms. The lowest BCUT2D eigenvalue weighted by atomic mass is 10.2. The van der Waals surface area contributed by atoms with Crippen molar-refractivity contribution >= 4 is 8.32 Å². The van der Waals surface area contributed by atoms with Crippen molar-refractivity contribution in [2.24, 2.45) is 0 Å². The molecule has 0 aromatic carbocycles. The highest BCUT2D eigenvalue weighted by Gasteiger charge is 2.73. The summed E-state index contributed by atoms with van der Waals surface area (Å²) in [6.45, 7) is 1.71. The molecule has 1 N–H and O–H groups in total. The first kappa shape index (κ1) is 14.7. The summed E-state index contributed by atoms with van der Waals surface area (Å²) in [4.78, 5) is 8.94. The van der Waals surface area contributed by atoms with Gasteiger partial charge in [-0.05, 0) is 13.1 Å². The van der Waals surface area contributed by atoms with Crippen molar-refractivity contribution in [3.05, 3.63) is 0 Å². The summed E-state index contributed by atoms with van der Waals surface area (Å²) < 4.78 is 84.6. The Balaban J connectivity index is 5.03. The molecule has 15 heavy (non-hydrogen) atoms. The maximum atomic E-state index is 12.6. The lowest BCUT2D eigenvalue weighted by molar-refractivity contribution is -0.350. The lowest BCUT2D eigenvalue weighted by Gasteiger charge is -2.30. The molecule has 0 aliphatic carbocycles. The van der Waals surface area contributed by atoms with Crippen LogP contribution in [-0.2, 0) is 0 Å². The standard InChI is InChI=1S/C6H9F7OSi/c1-15(2,14)3-4(7,8)5(9,10)6(11,12)13/h14H,3H2,1-2H3. The number of halogens is 7. The van der Waals surface area contributed by atoms with Gasteiger partial charge < -0.3 is 4.80 Å². The zero-order valence-corrected chi connectivity index (χ0v) is 8.80. The highest BCUT2D eigenvalue weighted by Crippen LogP contribution is 2.49. The van der Waals surface area contributed by atoms with Crippen LogP contribution in [0.2, 0.25) is 19.1 Å². The van der Waals surface area contributed by atoms with Crippen LogP contribution in [0.5, 0.6) is 0 Å². The molecule has 0 aliphatic heterocycles. The highest BCUT2D eigenvalue weighted by molar-refractivity contribution is 6.70. The van der Waals surface area contributed by atoms with E-state index >= 15 is 0 Å². The molecule has 0 amide bonds. The van der Waals surface area contributed by atoms with E-state index in [0.29, 0.717) is 0 Å². The van der Waals surface area contributed by atoms with Gasteiger partial charge in [0, 0.05) is 6.04 Å². The van der Waals surface area contributed by atoms with E-state index < -0.39 is 32.4 Å². The molecule has 1 nitrogen and oxygen atoms in total. The van der Waals surface area contributed by atoms with Gasteiger partial charge >= 0.3 is 18.0 Å². The Kier molecular flexibility index (Phi) is 3.54. The summed E-state index contributed by atoms with van der Waals surface area (Å²) in [6.07, 6.45) is -6.32. The summed E-state index contributed by atoms with van der Waals surface area (Å²) in [7, 11) is -3.71. The van der Waals surface area contributed by atoms with Crippen LogP contribution in [0.4, 0.5) is 30.7 Å². The van der Waals surface area contributed by atoms with E-state index in [1.807, 2.05) is 0 Å². The van der Waals surface area contributed by atoms with Crippen LogP contribution in [0.25, 0.3) is 0 Å². The smallest absolute Gasteiger partial charge is 0.432 e. The van der Waals surface area contributed by atoms with E-state index in [1.54, 1.807) is 0 Å². The van der Waals surface area contributed by atoms with Gasteiger partial charge in [0.1, 0.15) is 0 Å². The van der Waals surface area contributed by atoms with E-state index in [0.717, 1.165) is 13.1 Å². The van der Waals surface area contributed by atoms with E-state index in [9.17, 15) is 30.7 Å². The second-order valence-corrected chi connectivity index (χ2v) is 7.74. The van der Waals surface area contributed by atoms with Crippen LogP contribution >= 0.6 is 0 Å². The third kappa shape index (κ3) is 3.33. The molecule has 0 fully saturated rings. The van der Waals surface area contributed by atoms with Crippen LogP contribution in [0, 0.1) is 0 Å². The fourth-order valence-electron chi connectivity index (χ4n) is 0.862. The monoisotopic (exact) mass is 258 g/mol. The fourth-order valence-corrected chi connectivity index (χ4v) is 2.17. The molecule has 0 saturated carbocycles. The Hall–Kier alpha value is -0.313. The molecule has 0 aromatic rings. The van der Waals surface area contributed by atoms with Gasteiger partial charge in [-0.25, -0.2) is 0 Å². The molecule has 0 aliphatic rings. The summed E-state index contributed by atoms with van der Waals surface area (Å²) in [5.74, 6) is -11.4. The van der Waals surface area contributed by atoms with Gasteiger partial charge in [-0.15, -0.1) is 0 Å². The number of hydrogen-bond acceptors (Lipinski definition) is 1. The molecular formula is C6H9F7OSi. The Labute approximate surface area is 82.0 Å². The number of alkyl halides is 7. The van der Waals surface area contributed by atoms with E-state index in [-0.39, 0.29) is 0 Å². The van der Waals surface area contributed by atoms with Crippen molar-refractivity contribution in [1.29, 1.82) is 0 Å². The predicted molar refractivity (Wildman–Crippen MR) is 40.5 cm³/mol. The predicted octanol–water partition coefficient (Wildman–Crippen LogP) is 3.02. The van der Waals surface area contributed by atoms with Crippen molar-refractivity contribution in [3.8, 4) is 0 Å². The average molecular weight is 258 g/mol. The maximum Gasteiger partial charge on any atom is 0.459 e. The molecule has 0 atom stereocenters. The third-order valence-corrected chi connectivity index (χ3v) is 2.78. The SMILES string of the molecule is C[Si](C)(O)CC(F)(F)C(F)(F)C(F)(F)F. The minimum absolute atomic E-state index is 0.855. The largest absolute Gasteiger partial charge is 0.459 e. The number of rotatable bonds is 3. The Morgan fingerprint density at radius 3 is 1.47 bits per heavy atom. The highest BCUT2D eigenvalue weighted by atomic mass is 28.4. The summed E-state index contributed by atoms with van der Waals surface area (Å²) in [6, 6.07) is -1.84. The van der Waals surface area contributed by atoms with Crippen molar-refractivity contribution in [3.63, 3.8) is 0 Å². The molecule has 0 rings (SSSR count). The van der Waals surface area contributed by atoms with E-state index in [1.165, 1.54) is 0 Å². The first-order valence-corrected chi connectivity index (χ1v) is 6.91. The fraction of sp³-hybridized carbons (Fsp3) is 1.00.